The number of aromatic hydroxyl groups is 2. The molecule has 12 nitrogen and oxygen atoms in total. The third kappa shape index (κ3) is 9.13. The van der Waals surface area contributed by atoms with E-state index in [0.717, 1.165) is 5.56 Å². The molecule has 0 aliphatic carbocycles. The van der Waals surface area contributed by atoms with Gasteiger partial charge in [0.1, 0.15) is 0 Å². The van der Waals surface area contributed by atoms with E-state index in [9.17, 15) is 34.2 Å². The van der Waals surface area contributed by atoms with Crippen molar-refractivity contribution in [2.24, 2.45) is 5.92 Å². The molecule has 3 amide bonds. The van der Waals surface area contributed by atoms with Gasteiger partial charge in [0.2, 0.25) is 0 Å². The maximum atomic E-state index is 13.1. The molecule has 0 aliphatic rings. The summed E-state index contributed by atoms with van der Waals surface area (Å²) >= 11 is 0. The molecule has 0 aliphatic heterocycles. The predicted octanol–water partition coefficient (Wildman–Crippen LogP) is 6.18. The summed E-state index contributed by atoms with van der Waals surface area (Å²) in [7, 11) is 2.51. The minimum atomic E-state index is -0.790. The van der Waals surface area contributed by atoms with Crippen LogP contribution in [0.5, 0.6) is 23.0 Å². The molecule has 0 bridgehead atoms. The minimum absolute atomic E-state index is 0. The summed E-state index contributed by atoms with van der Waals surface area (Å²) in [6, 6.07) is 18.5. The number of aryl methyl sites for hydroxylation is 1. The Labute approximate surface area is 314 Å². The summed E-state index contributed by atoms with van der Waals surface area (Å²) < 4.78 is 10.5. The summed E-state index contributed by atoms with van der Waals surface area (Å²) in [5, 5.41) is 29.2. The number of carbonyl (C=O) groups excluding carboxylic acids is 5. The number of hydrogen-bond acceptors (Lipinski definition) is 9. The largest absolute Gasteiger partial charge is 0.504 e. The van der Waals surface area contributed by atoms with Gasteiger partial charge in [-0.25, -0.2) is 0 Å². The fourth-order valence-electron chi connectivity index (χ4n) is 4.96. The van der Waals surface area contributed by atoms with Crippen molar-refractivity contribution in [2.75, 3.05) is 30.2 Å². The van der Waals surface area contributed by atoms with Crippen LogP contribution < -0.4 is 25.4 Å². The first kappa shape index (κ1) is 39.4. The van der Waals surface area contributed by atoms with Gasteiger partial charge in [0.15, 0.2) is 40.5 Å². The topological polar surface area (TPSA) is 180 Å². The summed E-state index contributed by atoms with van der Waals surface area (Å²) in [6.45, 7) is 4.91. The number of ether oxygens (including phenoxy) is 2. The Morgan fingerprint density at radius 3 is 1.72 bits per heavy atom. The Morgan fingerprint density at radius 2 is 1.20 bits per heavy atom. The number of nitrogens with one attached hydrogen (secondary N) is 3. The zero-order valence-corrected chi connectivity index (χ0v) is 31.0. The standard InChI is InChI=1S/C37H36N3O9.Y/c1-6-22(19-30(42)23-9-7-20(2)8-10-23)35(45)38-25-13-11-24(12-14-25)36(46)39-28-18-16-27(32(44)34(28)49-5)37(47)40-29-17-15-26(21(3)41)31(43)33(29)48-4;/h6-18,22,43-44H,19H2,1-5H3,(H,38,45)(H,39,46)(H,40,47);/q-1;/t22-;/m0./s1. The zero-order valence-electron chi connectivity index (χ0n) is 28.1. The van der Waals surface area contributed by atoms with Gasteiger partial charge >= 0.3 is 0 Å². The second-order valence-electron chi connectivity index (χ2n) is 11.0. The predicted molar refractivity (Wildman–Crippen MR) is 184 cm³/mol. The Kier molecular flexibility index (Phi) is 13.8. The van der Waals surface area contributed by atoms with Crippen molar-refractivity contribution in [2.45, 2.75) is 27.2 Å². The van der Waals surface area contributed by atoms with Crippen molar-refractivity contribution >= 4 is 46.4 Å². The normalized spacial score (nSPS) is 11.0. The molecule has 4 aromatic carbocycles. The quantitative estimate of drug-likeness (QED) is 0.0787. The first-order chi connectivity index (χ1) is 23.4. The van der Waals surface area contributed by atoms with Crippen LogP contribution in [0.1, 0.15) is 67.3 Å². The summed E-state index contributed by atoms with van der Waals surface area (Å²) in [6.07, 6.45) is 1.67. The molecular weight excluding hydrogens is 719 g/mol. The van der Waals surface area contributed by atoms with Gasteiger partial charge < -0.3 is 42.1 Å². The van der Waals surface area contributed by atoms with Crippen LogP contribution in [0.3, 0.4) is 0 Å². The number of hydrogen-bond donors (Lipinski definition) is 5. The number of phenols is 2. The smallest absolute Gasteiger partial charge is 0.259 e. The number of phenolic OH excluding ortho intramolecular Hbond substituents is 2. The van der Waals surface area contributed by atoms with Crippen LogP contribution in [0.4, 0.5) is 17.1 Å². The molecule has 0 saturated carbocycles. The van der Waals surface area contributed by atoms with Crippen LogP contribution in [0, 0.1) is 19.3 Å². The molecule has 0 heterocycles. The fourth-order valence-corrected chi connectivity index (χ4v) is 4.96. The molecule has 5 N–H and O–H groups in total. The molecule has 0 aromatic heterocycles. The third-order valence-corrected chi connectivity index (χ3v) is 7.72. The van der Waals surface area contributed by atoms with Gasteiger partial charge in [0.25, 0.3) is 11.8 Å². The van der Waals surface area contributed by atoms with Gasteiger partial charge in [-0.15, -0.1) is 0 Å². The second-order valence-corrected chi connectivity index (χ2v) is 11.0. The van der Waals surface area contributed by atoms with E-state index >= 15 is 0 Å². The van der Waals surface area contributed by atoms with Gasteiger partial charge in [-0.1, -0.05) is 35.7 Å². The zero-order chi connectivity index (χ0) is 35.8. The SMILES string of the molecule is C[CH-][C@@H](CC(=O)c1ccc(C)cc1)C(=O)Nc1ccc(C(=O)Nc2ccc(C(=O)Nc3ccc(C(C)=O)c(O)c3OC)c(O)c2OC)cc1.[Y]. The second kappa shape index (κ2) is 17.5. The number of benzene rings is 4. The van der Waals surface area contributed by atoms with Crippen molar-refractivity contribution in [3.05, 3.63) is 107 Å². The molecule has 1 atom stereocenters. The van der Waals surface area contributed by atoms with Crippen molar-refractivity contribution in [3.8, 4) is 23.0 Å². The van der Waals surface area contributed by atoms with Crippen molar-refractivity contribution in [1.29, 1.82) is 0 Å². The van der Waals surface area contributed by atoms with E-state index in [1.165, 1.54) is 57.5 Å². The number of rotatable bonds is 13. The average Bonchev–Trinajstić information content (AvgIpc) is 3.07. The molecular formula is C37H36N3O9Y-. The van der Waals surface area contributed by atoms with Gasteiger partial charge in [-0.2, -0.15) is 6.92 Å². The maximum Gasteiger partial charge on any atom is 0.259 e. The van der Waals surface area contributed by atoms with Crippen molar-refractivity contribution < 1.29 is 76.4 Å². The Balaban J connectivity index is 0.00000676. The van der Waals surface area contributed by atoms with Crippen LogP contribution in [0.25, 0.3) is 0 Å². The Hall–Kier alpha value is -5.07. The molecule has 0 fully saturated rings. The monoisotopic (exact) mass is 755 g/mol. The van der Waals surface area contributed by atoms with E-state index in [-0.39, 0.29) is 90.4 Å². The number of anilines is 3. The number of methoxy groups -OCH3 is 2. The minimum Gasteiger partial charge on any atom is -0.504 e. The average molecular weight is 756 g/mol. The summed E-state index contributed by atoms with van der Waals surface area (Å²) in [5.41, 5.74) is 2.10. The van der Waals surface area contributed by atoms with Gasteiger partial charge in [-0.3, -0.25) is 24.0 Å². The van der Waals surface area contributed by atoms with Crippen LogP contribution in [-0.2, 0) is 37.5 Å². The Morgan fingerprint density at radius 1 is 0.700 bits per heavy atom. The van der Waals surface area contributed by atoms with Crippen LogP contribution in [-0.4, -0.2) is 53.7 Å². The van der Waals surface area contributed by atoms with Crippen LogP contribution in [0.2, 0.25) is 0 Å². The Bertz CT molecular complexity index is 1910. The number of ketones is 2. The molecule has 1 radical (unpaired) electrons. The van der Waals surface area contributed by atoms with E-state index in [1.54, 1.807) is 37.6 Å². The summed E-state index contributed by atoms with van der Waals surface area (Å²) in [5.74, 6) is -4.28. The maximum absolute atomic E-state index is 13.1. The molecule has 4 aromatic rings. The van der Waals surface area contributed by atoms with Crippen LogP contribution in [0.15, 0.2) is 72.8 Å². The van der Waals surface area contributed by atoms with Crippen molar-refractivity contribution in [1.82, 2.24) is 0 Å². The summed E-state index contributed by atoms with van der Waals surface area (Å²) in [4.78, 5) is 63.5. The van der Waals surface area contributed by atoms with Crippen LogP contribution >= 0.6 is 0 Å². The van der Waals surface area contributed by atoms with E-state index in [2.05, 4.69) is 16.0 Å². The first-order valence-corrected chi connectivity index (χ1v) is 15.1. The third-order valence-electron chi connectivity index (χ3n) is 7.72. The number of amides is 3. The molecule has 4 rings (SSSR count). The molecule has 257 valence electrons. The molecule has 50 heavy (non-hydrogen) atoms. The van der Waals surface area contributed by atoms with E-state index in [1.807, 2.05) is 19.1 Å². The number of carbonyl (C=O) groups is 5. The van der Waals surface area contributed by atoms with Crippen molar-refractivity contribution in [3.63, 3.8) is 0 Å². The molecule has 0 saturated heterocycles. The number of Topliss-reactive ketones (excluding diaryl/α,β-unsaturated/α-hetero) is 2. The van der Waals surface area contributed by atoms with E-state index < -0.39 is 35.0 Å². The van der Waals surface area contributed by atoms with E-state index in [4.69, 9.17) is 9.47 Å². The van der Waals surface area contributed by atoms with Gasteiger partial charge in [-0.05, 0) is 68.8 Å². The fraction of sp³-hybridized carbons (Fsp3) is 0.189. The molecule has 0 spiro atoms. The van der Waals surface area contributed by atoms with E-state index in [0.29, 0.717) is 11.3 Å². The first-order valence-electron chi connectivity index (χ1n) is 15.1. The molecule has 0 unspecified atom stereocenters. The van der Waals surface area contributed by atoms with Gasteiger partial charge in [0, 0.05) is 49.5 Å². The molecule has 13 heteroatoms. The van der Waals surface area contributed by atoms with Gasteiger partial charge in [0.05, 0.1) is 36.7 Å².